The van der Waals surface area contributed by atoms with Crippen LogP contribution in [0.15, 0.2) is 18.2 Å². The van der Waals surface area contributed by atoms with Gasteiger partial charge in [-0.15, -0.1) is 0 Å². The van der Waals surface area contributed by atoms with Gasteiger partial charge in [0.05, 0.1) is 6.61 Å². The number of rotatable bonds is 4. The Kier molecular flexibility index (Phi) is 6.04. The zero-order valence-electron chi connectivity index (χ0n) is 13.2. The van der Waals surface area contributed by atoms with Gasteiger partial charge in [-0.05, 0) is 37.3 Å². The highest BCUT2D eigenvalue weighted by Crippen LogP contribution is 2.17. The summed E-state index contributed by atoms with van der Waals surface area (Å²) in [5.74, 6) is -1.20. The highest BCUT2D eigenvalue weighted by atomic mass is 19.1. The molecule has 2 atom stereocenters. The minimum Gasteiger partial charge on any atom is -0.394 e. The molecule has 2 heterocycles. The molecule has 0 aliphatic carbocycles. The fourth-order valence-electron chi connectivity index (χ4n) is 2.66. The number of nitrogens with one attached hydrogen (secondary N) is 1. The molecule has 0 spiro atoms. The first kappa shape index (κ1) is 17.3. The third kappa shape index (κ3) is 4.72. The fourth-order valence-corrected chi connectivity index (χ4v) is 2.66. The van der Waals surface area contributed by atoms with E-state index in [9.17, 15) is 19.1 Å². The maximum Gasteiger partial charge on any atom is 0.270 e. The molecule has 126 valence electrons. The first-order valence-electron chi connectivity index (χ1n) is 7.84. The van der Waals surface area contributed by atoms with Crippen LogP contribution in [0.4, 0.5) is 4.39 Å². The molecular formula is C16H22FN3O3. The van der Waals surface area contributed by atoms with E-state index >= 15 is 0 Å². The first-order valence-corrected chi connectivity index (χ1v) is 7.84. The number of carbonyl (C=O) groups excluding carboxylic acids is 2. The van der Waals surface area contributed by atoms with E-state index in [1.54, 1.807) is 4.90 Å². The van der Waals surface area contributed by atoms with Gasteiger partial charge in [-0.3, -0.25) is 9.59 Å². The zero-order chi connectivity index (χ0) is 16.8. The Morgan fingerprint density at radius 3 is 2.91 bits per heavy atom. The molecule has 1 saturated heterocycles. The number of carbonyl (C=O) groups is 2. The van der Waals surface area contributed by atoms with Crippen LogP contribution in [0.1, 0.15) is 36.7 Å². The summed E-state index contributed by atoms with van der Waals surface area (Å²) in [5, 5.41) is 11.9. The summed E-state index contributed by atoms with van der Waals surface area (Å²) in [4.78, 5) is 29.7. The van der Waals surface area contributed by atoms with Gasteiger partial charge in [-0.25, -0.2) is 4.98 Å². The standard InChI is InChI=1S/C16H22FN3O3/c1-11-4-3-8-20(9-7-11)16(23)13(10-21)19-15(22)12-5-2-6-14(17)18-12/h2,5-6,11,13,21H,3-4,7-10H2,1H3,(H,19,22)/t11?,13-/m0/s1. The fraction of sp³-hybridized carbons (Fsp3) is 0.562. The SMILES string of the molecule is CC1CCCN(C(=O)[C@H](CO)NC(=O)c2cccc(F)n2)CC1. The Balaban J connectivity index is 2.01. The van der Waals surface area contributed by atoms with Crippen LogP contribution >= 0.6 is 0 Å². The van der Waals surface area contributed by atoms with Gasteiger partial charge >= 0.3 is 0 Å². The molecule has 0 saturated carbocycles. The number of amides is 2. The van der Waals surface area contributed by atoms with Crippen LogP contribution in [0.25, 0.3) is 0 Å². The Bertz CT molecular complexity index is 567. The molecule has 1 fully saturated rings. The van der Waals surface area contributed by atoms with Gasteiger partial charge in [0.2, 0.25) is 11.9 Å². The second-order valence-corrected chi connectivity index (χ2v) is 5.92. The summed E-state index contributed by atoms with van der Waals surface area (Å²) < 4.78 is 13.1. The van der Waals surface area contributed by atoms with Crippen molar-refractivity contribution in [3.63, 3.8) is 0 Å². The number of aliphatic hydroxyl groups is 1. The topological polar surface area (TPSA) is 82.5 Å². The van der Waals surface area contributed by atoms with Crippen molar-refractivity contribution in [2.24, 2.45) is 5.92 Å². The molecule has 1 unspecified atom stereocenters. The lowest BCUT2D eigenvalue weighted by Crippen LogP contribution is -2.51. The van der Waals surface area contributed by atoms with Gasteiger partial charge in [0, 0.05) is 13.1 Å². The molecule has 1 aromatic rings. The number of hydrogen-bond donors (Lipinski definition) is 2. The van der Waals surface area contributed by atoms with Crippen LogP contribution in [-0.4, -0.2) is 52.5 Å². The summed E-state index contributed by atoms with van der Waals surface area (Å²) in [5.41, 5.74) is -0.124. The van der Waals surface area contributed by atoms with E-state index < -0.39 is 24.5 Å². The van der Waals surface area contributed by atoms with Gasteiger partial charge in [-0.1, -0.05) is 13.0 Å². The van der Waals surface area contributed by atoms with Crippen molar-refractivity contribution in [2.45, 2.75) is 32.2 Å². The van der Waals surface area contributed by atoms with Crippen molar-refractivity contribution in [1.29, 1.82) is 0 Å². The highest BCUT2D eigenvalue weighted by Gasteiger charge is 2.27. The number of aromatic nitrogens is 1. The second-order valence-electron chi connectivity index (χ2n) is 5.92. The first-order chi connectivity index (χ1) is 11.0. The van der Waals surface area contributed by atoms with E-state index in [0.717, 1.165) is 25.3 Å². The van der Waals surface area contributed by atoms with Crippen molar-refractivity contribution < 1.29 is 19.1 Å². The summed E-state index contributed by atoms with van der Waals surface area (Å²) in [7, 11) is 0. The third-order valence-electron chi connectivity index (χ3n) is 4.06. The predicted octanol–water partition coefficient (Wildman–Crippen LogP) is 0.960. The molecule has 7 heteroatoms. The van der Waals surface area contributed by atoms with Crippen molar-refractivity contribution in [3.05, 3.63) is 29.8 Å². The number of hydrogen-bond acceptors (Lipinski definition) is 4. The molecule has 2 amide bonds. The Morgan fingerprint density at radius 2 is 2.22 bits per heavy atom. The van der Waals surface area contributed by atoms with E-state index in [4.69, 9.17) is 0 Å². The lowest BCUT2D eigenvalue weighted by atomic mass is 10.0. The number of likely N-dealkylation sites (tertiary alicyclic amines) is 1. The van der Waals surface area contributed by atoms with Crippen molar-refractivity contribution in [1.82, 2.24) is 15.2 Å². The Hall–Kier alpha value is -2.02. The third-order valence-corrected chi connectivity index (χ3v) is 4.06. The maximum absolute atomic E-state index is 13.1. The Labute approximate surface area is 134 Å². The van der Waals surface area contributed by atoms with Gasteiger partial charge in [-0.2, -0.15) is 4.39 Å². The minimum atomic E-state index is -1.04. The van der Waals surface area contributed by atoms with Crippen molar-refractivity contribution in [3.8, 4) is 0 Å². The largest absolute Gasteiger partial charge is 0.394 e. The summed E-state index contributed by atoms with van der Waals surface area (Å²) in [6.07, 6.45) is 2.88. The van der Waals surface area contributed by atoms with Crippen LogP contribution in [0.5, 0.6) is 0 Å². The van der Waals surface area contributed by atoms with E-state index in [0.29, 0.717) is 19.0 Å². The van der Waals surface area contributed by atoms with Gasteiger partial charge in [0.15, 0.2) is 0 Å². The van der Waals surface area contributed by atoms with Gasteiger partial charge in [0.25, 0.3) is 5.91 Å². The molecule has 1 aromatic heterocycles. The van der Waals surface area contributed by atoms with Gasteiger partial charge in [0.1, 0.15) is 11.7 Å². The molecule has 2 N–H and O–H groups in total. The predicted molar refractivity (Wildman–Crippen MR) is 82.1 cm³/mol. The zero-order valence-corrected chi connectivity index (χ0v) is 13.2. The van der Waals surface area contributed by atoms with Crippen molar-refractivity contribution in [2.75, 3.05) is 19.7 Å². The van der Waals surface area contributed by atoms with E-state index in [1.807, 2.05) is 0 Å². The number of aliphatic hydroxyl groups excluding tert-OH is 1. The van der Waals surface area contributed by atoms with Crippen molar-refractivity contribution >= 4 is 11.8 Å². The molecule has 1 aliphatic heterocycles. The normalized spacial score (nSPS) is 19.8. The van der Waals surface area contributed by atoms with E-state index in [1.165, 1.54) is 12.1 Å². The Morgan fingerprint density at radius 1 is 1.43 bits per heavy atom. The monoisotopic (exact) mass is 323 g/mol. The molecule has 0 radical (unpaired) electrons. The van der Waals surface area contributed by atoms with E-state index in [-0.39, 0.29) is 11.6 Å². The smallest absolute Gasteiger partial charge is 0.270 e. The van der Waals surface area contributed by atoms with Crippen LogP contribution in [-0.2, 0) is 4.79 Å². The van der Waals surface area contributed by atoms with Crippen LogP contribution in [0.3, 0.4) is 0 Å². The molecule has 2 rings (SSSR count). The number of pyridine rings is 1. The molecule has 1 aliphatic rings. The lowest BCUT2D eigenvalue weighted by molar-refractivity contribution is -0.134. The maximum atomic E-state index is 13.1. The summed E-state index contributed by atoms with van der Waals surface area (Å²) in [6, 6.07) is 2.80. The minimum absolute atomic E-state index is 0.124. The average Bonchev–Trinajstić information content (AvgIpc) is 2.76. The van der Waals surface area contributed by atoms with Crippen LogP contribution in [0, 0.1) is 11.9 Å². The quantitative estimate of drug-likeness (QED) is 0.809. The summed E-state index contributed by atoms with van der Waals surface area (Å²) in [6.45, 7) is 2.87. The van der Waals surface area contributed by atoms with E-state index in [2.05, 4.69) is 17.2 Å². The van der Waals surface area contributed by atoms with Crippen LogP contribution in [0.2, 0.25) is 0 Å². The van der Waals surface area contributed by atoms with Gasteiger partial charge < -0.3 is 15.3 Å². The highest BCUT2D eigenvalue weighted by molar-refractivity contribution is 5.96. The lowest BCUT2D eigenvalue weighted by Gasteiger charge is -2.25. The molecule has 23 heavy (non-hydrogen) atoms. The van der Waals surface area contributed by atoms with Crippen LogP contribution < -0.4 is 5.32 Å². The number of halogens is 1. The molecular weight excluding hydrogens is 301 g/mol. The average molecular weight is 323 g/mol. The molecule has 6 nitrogen and oxygen atoms in total. The molecule has 0 aromatic carbocycles. The number of nitrogens with zero attached hydrogens (tertiary/aromatic N) is 2. The second kappa shape index (κ2) is 8.01. The summed E-state index contributed by atoms with van der Waals surface area (Å²) >= 11 is 0. The molecule has 0 bridgehead atoms.